The van der Waals surface area contributed by atoms with Crippen LogP contribution in [0.15, 0.2) is 30.6 Å². The number of hydrogen-bond acceptors (Lipinski definition) is 6. The van der Waals surface area contributed by atoms with E-state index in [2.05, 4.69) is 20.6 Å². The molecule has 3 rings (SSSR count). The van der Waals surface area contributed by atoms with Crippen molar-refractivity contribution in [1.29, 1.82) is 0 Å². The van der Waals surface area contributed by atoms with E-state index in [1.54, 1.807) is 37.7 Å². The summed E-state index contributed by atoms with van der Waals surface area (Å²) >= 11 is 0. The van der Waals surface area contributed by atoms with E-state index in [4.69, 9.17) is 9.47 Å². The van der Waals surface area contributed by atoms with Crippen molar-refractivity contribution in [2.45, 2.75) is 45.6 Å². The Morgan fingerprint density at radius 1 is 1.07 bits per heavy atom. The topological polar surface area (TPSA) is 102 Å². The summed E-state index contributed by atoms with van der Waals surface area (Å²) in [7, 11) is 1.69. The monoisotopic (exact) mass is 398 g/mol. The first-order chi connectivity index (χ1) is 13.9. The zero-order chi connectivity index (χ0) is 20.8. The van der Waals surface area contributed by atoms with Gasteiger partial charge in [-0.3, -0.25) is 10.1 Å². The van der Waals surface area contributed by atoms with Crippen molar-refractivity contribution >= 4 is 17.6 Å². The number of carbonyl (C=O) groups is 2. The SMILES string of the molecule is COC1CCC(C(=O)NC(=O)Nc2ccc(Oc3ncc(C)cn3)c(C)c2)CC1. The van der Waals surface area contributed by atoms with Gasteiger partial charge in [-0.25, -0.2) is 14.8 Å². The summed E-state index contributed by atoms with van der Waals surface area (Å²) in [5.74, 6) is 0.190. The molecule has 1 heterocycles. The van der Waals surface area contributed by atoms with E-state index < -0.39 is 6.03 Å². The van der Waals surface area contributed by atoms with Gasteiger partial charge in [-0.15, -0.1) is 0 Å². The number of urea groups is 1. The molecule has 8 heteroatoms. The lowest BCUT2D eigenvalue weighted by Crippen LogP contribution is -2.40. The van der Waals surface area contributed by atoms with Crippen LogP contribution in [0.1, 0.15) is 36.8 Å². The number of benzene rings is 1. The third-order valence-corrected chi connectivity index (χ3v) is 5.01. The highest BCUT2D eigenvalue weighted by Crippen LogP contribution is 2.27. The predicted molar refractivity (Wildman–Crippen MR) is 108 cm³/mol. The number of aromatic nitrogens is 2. The molecule has 1 aliphatic carbocycles. The first-order valence-corrected chi connectivity index (χ1v) is 9.66. The Balaban J connectivity index is 1.53. The van der Waals surface area contributed by atoms with Crippen LogP contribution in [0, 0.1) is 19.8 Å². The number of rotatable bonds is 5. The van der Waals surface area contributed by atoms with E-state index in [0.717, 1.165) is 36.8 Å². The highest BCUT2D eigenvalue weighted by molar-refractivity contribution is 6.01. The number of anilines is 1. The second-order valence-electron chi connectivity index (χ2n) is 7.28. The van der Waals surface area contributed by atoms with Gasteiger partial charge in [0.15, 0.2) is 0 Å². The average Bonchev–Trinajstić information content (AvgIpc) is 2.71. The van der Waals surface area contributed by atoms with E-state index in [0.29, 0.717) is 11.4 Å². The smallest absolute Gasteiger partial charge is 0.325 e. The summed E-state index contributed by atoms with van der Waals surface area (Å²) in [6.07, 6.45) is 6.69. The fourth-order valence-corrected chi connectivity index (χ4v) is 3.31. The van der Waals surface area contributed by atoms with Crippen LogP contribution in [0.4, 0.5) is 10.5 Å². The highest BCUT2D eigenvalue weighted by atomic mass is 16.5. The summed E-state index contributed by atoms with van der Waals surface area (Å²) in [5, 5.41) is 5.12. The first-order valence-electron chi connectivity index (χ1n) is 9.66. The van der Waals surface area contributed by atoms with Crippen molar-refractivity contribution in [3.05, 3.63) is 41.7 Å². The van der Waals surface area contributed by atoms with Crippen molar-refractivity contribution in [3.63, 3.8) is 0 Å². The normalized spacial score (nSPS) is 18.7. The maximum absolute atomic E-state index is 12.3. The molecular formula is C21H26N4O4. The standard InChI is InChI=1S/C21H26N4O4/c1-13-11-22-21(23-12-13)29-18-9-6-16(10-14(18)2)24-20(27)25-19(26)15-4-7-17(28-3)8-5-15/h6,9-12,15,17H,4-5,7-8H2,1-3H3,(H2,24,25,26,27). The molecule has 1 saturated carbocycles. The van der Waals surface area contributed by atoms with Crippen LogP contribution in [-0.4, -0.2) is 35.1 Å². The maximum Gasteiger partial charge on any atom is 0.325 e. The quantitative estimate of drug-likeness (QED) is 0.795. The lowest BCUT2D eigenvalue weighted by molar-refractivity contribution is -0.125. The molecule has 0 unspecified atom stereocenters. The van der Waals surface area contributed by atoms with E-state index >= 15 is 0 Å². The van der Waals surface area contributed by atoms with Crippen LogP contribution in [0.25, 0.3) is 0 Å². The van der Waals surface area contributed by atoms with Gasteiger partial charge in [0.05, 0.1) is 6.10 Å². The summed E-state index contributed by atoms with van der Waals surface area (Å²) in [6.45, 7) is 3.75. The lowest BCUT2D eigenvalue weighted by Gasteiger charge is -2.26. The van der Waals surface area contributed by atoms with E-state index in [-0.39, 0.29) is 23.9 Å². The van der Waals surface area contributed by atoms with Crippen molar-refractivity contribution in [1.82, 2.24) is 15.3 Å². The van der Waals surface area contributed by atoms with Crippen molar-refractivity contribution in [3.8, 4) is 11.8 Å². The van der Waals surface area contributed by atoms with Crippen LogP contribution in [0.2, 0.25) is 0 Å². The summed E-state index contributed by atoms with van der Waals surface area (Å²) in [6, 6.07) is 4.90. The Morgan fingerprint density at radius 2 is 1.76 bits per heavy atom. The molecule has 2 aromatic rings. The zero-order valence-corrected chi connectivity index (χ0v) is 16.9. The molecular weight excluding hydrogens is 372 g/mol. The molecule has 29 heavy (non-hydrogen) atoms. The molecule has 2 N–H and O–H groups in total. The van der Waals surface area contributed by atoms with Gasteiger partial charge >= 0.3 is 12.0 Å². The van der Waals surface area contributed by atoms with E-state index in [1.807, 2.05) is 13.8 Å². The minimum atomic E-state index is -0.543. The van der Waals surface area contributed by atoms with Crippen molar-refractivity contribution in [2.75, 3.05) is 12.4 Å². The van der Waals surface area contributed by atoms with Crippen molar-refractivity contribution < 1.29 is 19.1 Å². The summed E-state index contributed by atoms with van der Waals surface area (Å²) < 4.78 is 11.0. The van der Waals surface area contributed by atoms with Gasteiger partial charge < -0.3 is 14.8 Å². The number of methoxy groups -OCH3 is 1. The number of hydrogen-bond donors (Lipinski definition) is 2. The van der Waals surface area contributed by atoms with E-state index in [1.165, 1.54) is 0 Å². The third kappa shape index (κ3) is 5.74. The van der Waals surface area contributed by atoms with Crippen LogP contribution in [0.3, 0.4) is 0 Å². The van der Waals surface area contributed by atoms with Crippen LogP contribution in [0.5, 0.6) is 11.8 Å². The van der Waals surface area contributed by atoms with Crippen LogP contribution < -0.4 is 15.4 Å². The molecule has 1 fully saturated rings. The fraction of sp³-hybridized carbons (Fsp3) is 0.429. The first kappa shape index (κ1) is 20.7. The predicted octanol–water partition coefficient (Wildman–Crippen LogP) is 3.74. The number of imide groups is 1. The molecule has 1 aromatic heterocycles. The number of amides is 3. The lowest BCUT2D eigenvalue weighted by atomic mass is 9.87. The van der Waals surface area contributed by atoms with Crippen LogP contribution in [-0.2, 0) is 9.53 Å². The molecule has 0 bridgehead atoms. The van der Waals surface area contributed by atoms with Gasteiger partial charge in [0, 0.05) is 31.1 Å². The van der Waals surface area contributed by atoms with Gasteiger partial charge in [-0.2, -0.15) is 0 Å². The Labute approximate surface area is 170 Å². The van der Waals surface area contributed by atoms with Crippen LogP contribution >= 0.6 is 0 Å². The summed E-state index contributed by atoms with van der Waals surface area (Å²) in [4.78, 5) is 32.7. The molecule has 154 valence electrons. The molecule has 1 aromatic carbocycles. The highest BCUT2D eigenvalue weighted by Gasteiger charge is 2.27. The molecule has 8 nitrogen and oxygen atoms in total. The van der Waals surface area contributed by atoms with Gasteiger partial charge in [-0.1, -0.05) is 0 Å². The Kier molecular flexibility index (Phi) is 6.77. The fourth-order valence-electron chi connectivity index (χ4n) is 3.31. The average molecular weight is 398 g/mol. The molecule has 1 aliphatic rings. The molecule has 0 aliphatic heterocycles. The Morgan fingerprint density at radius 3 is 2.38 bits per heavy atom. The zero-order valence-electron chi connectivity index (χ0n) is 16.9. The van der Waals surface area contributed by atoms with Gasteiger partial charge in [0.1, 0.15) is 5.75 Å². The van der Waals surface area contributed by atoms with E-state index in [9.17, 15) is 9.59 Å². The summed E-state index contributed by atoms with van der Waals surface area (Å²) in [5.41, 5.74) is 2.31. The number of nitrogens with zero attached hydrogens (tertiary/aromatic N) is 2. The molecule has 0 atom stereocenters. The molecule has 0 radical (unpaired) electrons. The largest absolute Gasteiger partial charge is 0.424 e. The van der Waals surface area contributed by atoms with Crippen molar-refractivity contribution in [2.24, 2.45) is 5.92 Å². The number of ether oxygens (including phenoxy) is 2. The van der Waals surface area contributed by atoms with Gasteiger partial charge in [0.25, 0.3) is 0 Å². The minimum absolute atomic E-state index is 0.154. The minimum Gasteiger partial charge on any atom is -0.424 e. The Hall–Kier alpha value is -3.00. The number of nitrogens with one attached hydrogen (secondary N) is 2. The number of carbonyl (C=O) groups excluding carboxylic acids is 2. The maximum atomic E-state index is 12.3. The molecule has 3 amide bonds. The second kappa shape index (κ2) is 9.47. The second-order valence-corrected chi connectivity index (χ2v) is 7.28. The third-order valence-electron chi connectivity index (χ3n) is 5.01. The van der Waals surface area contributed by atoms with Gasteiger partial charge in [0.2, 0.25) is 5.91 Å². The molecule has 0 saturated heterocycles. The van der Waals surface area contributed by atoms with Gasteiger partial charge in [-0.05, 0) is 68.9 Å². The Bertz CT molecular complexity index is 861. The number of aryl methyl sites for hydroxylation is 2. The molecule has 0 spiro atoms.